The van der Waals surface area contributed by atoms with Crippen LogP contribution < -0.4 is 0 Å². The van der Waals surface area contributed by atoms with Crippen molar-refractivity contribution in [1.82, 2.24) is 0 Å². The second kappa shape index (κ2) is 9.63. The number of benzene rings is 2. The maximum atomic E-state index is 15.0. The zero-order chi connectivity index (χ0) is 20.9. The van der Waals surface area contributed by atoms with Crippen LogP contribution in [0.25, 0.3) is 10.1 Å². The van der Waals surface area contributed by atoms with Gasteiger partial charge in [0.1, 0.15) is 11.5 Å². The summed E-state index contributed by atoms with van der Waals surface area (Å²) in [6.45, 7) is 3.60. The summed E-state index contributed by atoms with van der Waals surface area (Å²) in [5.41, 5.74) is 1.08. The van der Waals surface area contributed by atoms with Crippen molar-refractivity contribution in [3.8, 4) is 0 Å². The van der Waals surface area contributed by atoms with Crippen molar-refractivity contribution in [3.63, 3.8) is 0 Å². The lowest BCUT2D eigenvalue weighted by Crippen LogP contribution is -2.03. The van der Waals surface area contributed by atoms with Crippen LogP contribution in [0, 0.1) is 0 Å². The molecule has 8 heteroatoms. The first-order valence-corrected chi connectivity index (χ1v) is 11.7. The molecule has 0 aliphatic heterocycles. The molecule has 1 aromatic heterocycles. The van der Waals surface area contributed by atoms with E-state index in [1.54, 1.807) is 32.0 Å². The molecule has 0 aliphatic rings. The number of carbonyl (C=O) groups excluding carboxylic acids is 1. The molecule has 0 aliphatic carbocycles. The molecule has 0 N–H and O–H groups in total. The van der Waals surface area contributed by atoms with Gasteiger partial charge in [-0.1, -0.05) is 36.4 Å². The van der Waals surface area contributed by atoms with Crippen LogP contribution in [0.1, 0.15) is 40.6 Å². The average Bonchev–Trinajstić information content (AvgIpc) is 3.16. The Hall–Kier alpha value is -2.05. The van der Waals surface area contributed by atoms with E-state index in [4.69, 9.17) is 13.8 Å². The second-order valence-electron chi connectivity index (χ2n) is 6.18. The third-order valence-corrected chi connectivity index (χ3v) is 7.31. The van der Waals surface area contributed by atoms with Crippen LogP contribution in [-0.2, 0) is 25.0 Å². The van der Waals surface area contributed by atoms with Gasteiger partial charge in [0.25, 0.3) is 0 Å². The number of rotatable bonds is 9. The van der Waals surface area contributed by atoms with Crippen molar-refractivity contribution < 1.29 is 27.5 Å². The molecular weight excluding hydrogens is 414 g/mol. The number of carbonyl (C=O) groups is 1. The Kier molecular flexibility index (Phi) is 7.19. The molecule has 0 unspecified atom stereocenters. The summed E-state index contributed by atoms with van der Waals surface area (Å²) in [7, 11) is -3.92. The SMILES string of the molecule is CCOP(=O)(OCC)[C@@H](F)c1ccc2sc(C(=O)OCc3ccccc3)cc2c1. The van der Waals surface area contributed by atoms with Gasteiger partial charge in [0, 0.05) is 4.70 Å². The van der Waals surface area contributed by atoms with E-state index in [-0.39, 0.29) is 25.4 Å². The van der Waals surface area contributed by atoms with Crippen LogP contribution >= 0.6 is 18.9 Å². The minimum atomic E-state index is -3.92. The zero-order valence-electron chi connectivity index (χ0n) is 16.2. The molecule has 0 spiro atoms. The van der Waals surface area contributed by atoms with Gasteiger partial charge in [0.15, 0.2) is 0 Å². The van der Waals surface area contributed by atoms with Crippen molar-refractivity contribution in [3.05, 3.63) is 70.6 Å². The van der Waals surface area contributed by atoms with Crippen LogP contribution in [0.5, 0.6) is 0 Å². The van der Waals surface area contributed by atoms with Crippen molar-refractivity contribution in [2.75, 3.05) is 13.2 Å². The number of ether oxygens (including phenoxy) is 1. The molecule has 2 aromatic carbocycles. The first-order chi connectivity index (χ1) is 14.0. The lowest BCUT2D eigenvalue weighted by atomic mass is 10.2. The molecule has 0 saturated heterocycles. The molecule has 0 amide bonds. The van der Waals surface area contributed by atoms with Crippen LogP contribution in [-0.4, -0.2) is 19.2 Å². The second-order valence-corrected chi connectivity index (χ2v) is 9.31. The largest absolute Gasteiger partial charge is 0.457 e. The van der Waals surface area contributed by atoms with Gasteiger partial charge >= 0.3 is 13.6 Å². The summed E-state index contributed by atoms with van der Waals surface area (Å²) < 4.78 is 44.0. The molecule has 0 radical (unpaired) electrons. The van der Waals surface area contributed by atoms with Crippen LogP contribution in [0.3, 0.4) is 0 Å². The first kappa shape index (κ1) is 21.7. The number of hydrogen-bond acceptors (Lipinski definition) is 6. The Bertz CT molecular complexity index is 1010. The molecule has 5 nitrogen and oxygen atoms in total. The molecule has 1 atom stereocenters. The predicted molar refractivity (Wildman–Crippen MR) is 112 cm³/mol. The Labute approximate surface area is 172 Å². The Morgan fingerprint density at radius 3 is 2.41 bits per heavy atom. The molecule has 3 aromatic rings. The van der Waals surface area contributed by atoms with E-state index in [0.717, 1.165) is 10.3 Å². The summed E-state index contributed by atoms with van der Waals surface area (Å²) in [5.74, 6) is -2.34. The molecular formula is C21H22FO5PS. The normalized spacial score (nSPS) is 12.8. The molecule has 1 heterocycles. The Balaban J connectivity index is 1.78. The minimum Gasteiger partial charge on any atom is -0.457 e. The monoisotopic (exact) mass is 436 g/mol. The standard InChI is InChI=1S/C21H22FO5PS/c1-3-26-28(24,27-4-2)20(22)16-10-11-18-17(12-16)13-19(29-18)21(23)25-14-15-8-6-5-7-9-15/h5-13,20H,3-4,14H2,1-2H3/t20-/m1/s1. The highest BCUT2D eigenvalue weighted by molar-refractivity contribution is 7.54. The number of thiophene rings is 1. The third-order valence-electron chi connectivity index (χ3n) is 4.13. The van der Waals surface area contributed by atoms with Crippen molar-refractivity contribution in [2.45, 2.75) is 26.4 Å². The van der Waals surface area contributed by atoms with Crippen LogP contribution in [0.4, 0.5) is 4.39 Å². The van der Waals surface area contributed by atoms with E-state index in [2.05, 4.69) is 0 Å². The number of alkyl halides is 1. The molecule has 0 saturated carbocycles. The van der Waals surface area contributed by atoms with Gasteiger partial charge < -0.3 is 13.8 Å². The summed E-state index contributed by atoms with van der Waals surface area (Å²) in [6.07, 6.45) is 0. The third kappa shape index (κ3) is 5.11. The van der Waals surface area contributed by atoms with Gasteiger partial charge in [-0.3, -0.25) is 4.57 Å². The summed E-state index contributed by atoms with van der Waals surface area (Å²) in [4.78, 5) is 12.8. The fourth-order valence-corrected chi connectivity index (χ4v) is 5.33. The van der Waals surface area contributed by atoms with Gasteiger partial charge in [-0.25, -0.2) is 9.18 Å². The smallest absolute Gasteiger partial charge is 0.369 e. The van der Waals surface area contributed by atoms with Gasteiger partial charge in [0.05, 0.1) is 13.2 Å². The molecule has 154 valence electrons. The lowest BCUT2D eigenvalue weighted by molar-refractivity contribution is 0.0478. The van der Waals surface area contributed by atoms with Gasteiger partial charge in [-0.2, -0.15) is 0 Å². The van der Waals surface area contributed by atoms with Gasteiger partial charge in [0.2, 0.25) is 5.91 Å². The number of halogens is 1. The first-order valence-electron chi connectivity index (χ1n) is 9.24. The molecule has 29 heavy (non-hydrogen) atoms. The number of fused-ring (bicyclic) bond motifs is 1. The van der Waals surface area contributed by atoms with Crippen molar-refractivity contribution >= 4 is 35.0 Å². The summed E-state index contributed by atoms with van der Waals surface area (Å²) in [6, 6.07) is 15.8. The molecule has 0 fully saturated rings. The highest BCUT2D eigenvalue weighted by Gasteiger charge is 2.37. The summed E-state index contributed by atoms with van der Waals surface area (Å²) in [5, 5.41) is 0.668. The van der Waals surface area contributed by atoms with E-state index >= 15 is 0 Å². The van der Waals surface area contributed by atoms with Crippen LogP contribution in [0.15, 0.2) is 54.6 Å². The van der Waals surface area contributed by atoms with Crippen molar-refractivity contribution in [1.29, 1.82) is 0 Å². The fourth-order valence-electron chi connectivity index (χ4n) is 2.82. The van der Waals surface area contributed by atoms with Gasteiger partial charge in [-0.15, -0.1) is 11.3 Å². The number of hydrogen-bond donors (Lipinski definition) is 0. The topological polar surface area (TPSA) is 61.8 Å². The van der Waals surface area contributed by atoms with E-state index in [9.17, 15) is 13.8 Å². The van der Waals surface area contributed by atoms with E-state index in [1.165, 1.54) is 17.4 Å². The zero-order valence-corrected chi connectivity index (χ0v) is 17.9. The van der Waals surface area contributed by atoms with Crippen LogP contribution in [0.2, 0.25) is 0 Å². The molecule has 0 bridgehead atoms. The average molecular weight is 436 g/mol. The predicted octanol–water partition coefficient (Wildman–Crippen LogP) is 6.49. The Morgan fingerprint density at radius 1 is 1.07 bits per heavy atom. The Morgan fingerprint density at radius 2 is 1.76 bits per heavy atom. The summed E-state index contributed by atoms with van der Waals surface area (Å²) >= 11 is 1.26. The lowest BCUT2D eigenvalue weighted by Gasteiger charge is -2.20. The van der Waals surface area contributed by atoms with E-state index in [0.29, 0.717) is 10.3 Å². The van der Waals surface area contributed by atoms with Gasteiger partial charge in [-0.05, 0) is 48.6 Å². The minimum absolute atomic E-state index is 0.0792. The highest BCUT2D eigenvalue weighted by Crippen LogP contribution is 2.61. The molecule has 3 rings (SSSR count). The highest BCUT2D eigenvalue weighted by atomic mass is 32.1. The maximum Gasteiger partial charge on any atom is 0.369 e. The fraction of sp³-hybridized carbons (Fsp3) is 0.286. The number of esters is 1. The van der Waals surface area contributed by atoms with E-state index in [1.807, 2.05) is 30.3 Å². The van der Waals surface area contributed by atoms with E-state index < -0.39 is 19.5 Å². The maximum absolute atomic E-state index is 15.0. The quantitative estimate of drug-likeness (QED) is 0.283. The van der Waals surface area contributed by atoms with Crippen molar-refractivity contribution in [2.24, 2.45) is 0 Å².